The molecule has 0 radical (unpaired) electrons. The van der Waals surface area contributed by atoms with Crippen LogP contribution in [-0.2, 0) is 16.0 Å². The van der Waals surface area contributed by atoms with Crippen LogP contribution in [-0.4, -0.2) is 18.1 Å². The van der Waals surface area contributed by atoms with Crippen molar-refractivity contribution in [3.05, 3.63) is 28.0 Å². The van der Waals surface area contributed by atoms with Gasteiger partial charge in [0.1, 0.15) is 11.8 Å². The van der Waals surface area contributed by atoms with E-state index in [1.54, 1.807) is 6.07 Å². The number of nitriles is 1. The van der Waals surface area contributed by atoms with Crippen LogP contribution >= 0.6 is 11.6 Å². The summed E-state index contributed by atoms with van der Waals surface area (Å²) in [5.41, 5.74) is -0.825. The third kappa shape index (κ3) is 3.11. The number of pyridine rings is 1. The highest BCUT2D eigenvalue weighted by molar-refractivity contribution is 6.32. The molecule has 0 saturated heterocycles. The number of esters is 1. The first kappa shape index (κ1) is 13.3. The zero-order chi connectivity index (χ0) is 13.0. The van der Waals surface area contributed by atoms with E-state index in [0.29, 0.717) is 0 Å². The minimum atomic E-state index is -2.84. The molecule has 0 bridgehead atoms. The lowest BCUT2D eigenvalue weighted by atomic mass is 10.1. The number of carbonyl (C=O) groups is 1. The molecule has 0 aliphatic heterocycles. The Labute approximate surface area is 101 Å². The standard InChI is InChI=1S/C10H7ClF2N2O2/c1-17-8(16)3-7-9(11)6(10(12)13)2-5(4-14)15-7/h2,10H,3H2,1H3. The molecule has 0 N–H and O–H groups in total. The maximum absolute atomic E-state index is 12.6. The normalized spacial score (nSPS) is 10.1. The van der Waals surface area contributed by atoms with Gasteiger partial charge in [0.25, 0.3) is 6.43 Å². The maximum atomic E-state index is 12.6. The summed E-state index contributed by atoms with van der Waals surface area (Å²) in [5, 5.41) is 8.32. The van der Waals surface area contributed by atoms with Crippen molar-refractivity contribution >= 4 is 17.6 Å². The molecule has 0 saturated carbocycles. The summed E-state index contributed by atoms with van der Waals surface area (Å²) in [6.07, 6.45) is -3.20. The van der Waals surface area contributed by atoms with E-state index in [4.69, 9.17) is 16.9 Å². The molecule has 0 unspecified atom stereocenters. The zero-order valence-corrected chi connectivity index (χ0v) is 9.46. The van der Waals surface area contributed by atoms with Gasteiger partial charge in [0, 0.05) is 5.56 Å². The number of methoxy groups -OCH3 is 1. The maximum Gasteiger partial charge on any atom is 0.311 e. The van der Waals surface area contributed by atoms with E-state index in [0.717, 1.165) is 13.2 Å². The average molecular weight is 261 g/mol. The first-order valence-corrected chi connectivity index (χ1v) is 4.81. The van der Waals surface area contributed by atoms with Crippen molar-refractivity contribution in [2.75, 3.05) is 7.11 Å². The molecular weight excluding hydrogens is 254 g/mol. The molecule has 0 aliphatic rings. The second-order valence-corrected chi connectivity index (χ2v) is 3.40. The quantitative estimate of drug-likeness (QED) is 0.782. The van der Waals surface area contributed by atoms with Crippen molar-refractivity contribution in [1.82, 2.24) is 4.98 Å². The fourth-order valence-corrected chi connectivity index (χ4v) is 1.39. The molecule has 4 nitrogen and oxygen atoms in total. The second kappa shape index (κ2) is 5.55. The molecule has 1 aromatic rings. The van der Waals surface area contributed by atoms with E-state index in [1.165, 1.54) is 0 Å². The largest absolute Gasteiger partial charge is 0.469 e. The van der Waals surface area contributed by atoms with Gasteiger partial charge in [0.15, 0.2) is 0 Å². The molecule has 7 heteroatoms. The van der Waals surface area contributed by atoms with Gasteiger partial charge in [-0.2, -0.15) is 5.26 Å². The van der Waals surface area contributed by atoms with Crippen LogP contribution in [0.2, 0.25) is 5.02 Å². The lowest BCUT2D eigenvalue weighted by Gasteiger charge is -2.08. The van der Waals surface area contributed by atoms with Gasteiger partial charge in [-0.05, 0) is 6.07 Å². The molecule has 90 valence electrons. The molecule has 17 heavy (non-hydrogen) atoms. The van der Waals surface area contributed by atoms with Crippen LogP contribution in [0.1, 0.15) is 23.4 Å². The molecule has 0 amide bonds. The smallest absolute Gasteiger partial charge is 0.311 e. The van der Waals surface area contributed by atoms with Crippen molar-refractivity contribution in [3.8, 4) is 6.07 Å². The van der Waals surface area contributed by atoms with E-state index >= 15 is 0 Å². The Morgan fingerprint density at radius 2 is 2.35 bits per heavy atom. The van der Waals surface area contributed by atoms with Crippen LogP contribution in [0, 0.1) is 11.3 Å². The SMILES string of the molecule is COC(=O)Cc1nc(C#N)cc(C(F)F)c1Cl. The number of hydrogen-bond acceptors (Lipinski definition) is 4. The van der Waals surface area contributed by atoms with Crippen molar-refractivity contribution in [1.29, 1.82) is 5.26 Å². The summed E-state index contributed by atoms with van der Waals surface area (Å²) in [4.78, 5) is 14.7. The van der Waals surface area contributed by atoms with Crippen molar-refractivity contribution in [2.45, 2.75) is 12.8 Å². The molecule has 0 spiro atoms. The predicted octanol–water partition coefficient (Wildman–Crippen LogP) is 2.26. The highest BCUT2D eigenvalue weighted by Crippen LogP contribution is 2.29. The van der Waals surface area contributed by atoms with Gasteiger partial charge in [-0.25, -0.2) is 13.8 Å². The third-order valence-corrected chi connectivity index (χ3v) is 2.38. The summed E-state index contributed by atoms with van der Waals surface area (Å²) in [6.45, 7) is 0. The number of alkyl halides is 2. The summed E-state index contributed by atoms with van der Waals surface area (Å²) in [6, 6.07) is 2.52. The Balaban J connectivity index is 3.25. The molecular formula is C10H7ClF2N2O2. The van der Waals surface area contributed by atoms with Crippen LogP contribution in [0.3, 0.4) is 0 Å². The van der Waals surface area contributed by atoms with Crippen LogP contribution in [0.5, 0.6) is 0 Å². The Morgan fingerprint density at radius 3 is 2.82 bits per heavy atom. The highest BCUT2D eigenvalue weighted by Gasteiger charge is 2.19. The lowest BCUT2D eigenvalue weighted by Crippen LogP contribution is -2.09. The van der Waals surface area contributed by atoms with Gasteiger partial charge in [-0.1, -0.05) is 11.6 Å². The predicted molar refractivity (Wildman–Crippen MR) is 54.6 cm³/mol. The Morgan fingerprint density at radius 1 is 1.71 bits per heavy atom. The minimum absolute atomic E-state index is 0.0899. The van der Waals surface area contributed by atoms with Crippen LogP contribution in [0.4, 0.5) is 8.78 Å². The summed E-state index contributed by atoms with van der Waals surface area (Å²) in [5.74, 6) is -0.672. The van der Waals surface area contributed by atoms with Gasteiger partial charge in [0.2, 0.25) is 0 Å². The minimum Gasteiger partial charge on any atom is -0.469 e. The number of ether oxygens (including phenoxy) is 1. The van der Waals surface area contributed by atoms with E-state index < -0.39 is 18.0 Å². The van der Waals surface area contributed by atoms with Crippen LogP contribution < -0.4 is 0 Å². The second-order valence-electron chi connectivity index (χ2n) is 3.02. The van der Waals surface area contributed by atoms with Gasteiger partial charge >= 0.3 is 5.97 Å². The van der Waals surface area contributed by atoms with E-state index in [-0.39, 0.29) is 22.8 Å². The van der Waals surface area contributed by atoms with Crippen molar-refractivity contribution in [2.24, 2.45) is 0 Å². The van der Waals surface area contributed by atoms with Crippen molar-refractivity contribution in [3.63, 3.8) is 0 Å². The van der Waals surface area contributed by atoms with Crippen LogP contribution in [0.15, 0.2) is 6.07 Å². The van der Waals surface area contributed by atoms with E-state index in [2.05, 4.69) is 9.72 Å². The molecule has 0 aromatic carbocycles. The monoisotopic (exact) mass is 260 g/mol. The average Bonchev–Trinajstić information content (AvgIpc) is 2.31. The fourth-order valence-electron chi connectivity index (χ4n) is 1.15. The van der Waals surface area contributed by atoms with Gasteiger partial charge in [-0.3, -0.25) is 4.79 Å². The number of carbonyl (C=O) groups excluding carboxylic acids is 1. The number of nitrogens with zero attached hydrogens (tertiary/aromatic N) is 2. The molecule has 0 aliphatic carbocycles. The third-order valence-electron chi connectivity index (χ3n) is 1.94. The molecule has 1 aromatic heterocycles. The summed E-state index contributed by atoms with van der Waals surface area (Å²) in [7, 11) is 1.15. The summed E-state index contributed by atoms with van der Waals surface area (Å²) < 4.78 is 29.6. The molecule has 1 rings (SSSR count). The van der Waals surface area contributed by atoms with Gasteiger partial charge < -0.3 is 4.74 Å². The molecule has 1 heterocycles. The van der Waals surface area contributed by atoms with Gasteiger partial charge in [-0.15, -0.1) is 0 Å². The number of hydrogen-bond donors (Lipinski definition) is 0. The van der Waals surface area contributed by atoms with E-state index in [9.17, 15) is 13.6 Å². The van der Waals surface area contributed by atoms with Crippen LogP contribution in [0.25, 0.3) is 0 Å². The number of rotatable bonds is 3. The lowest BCUT2D eigenvalue weighted by molar-refractivity contribution is -0.139. The highest BCUT2D eigenvalue weighted by atomic mass is 35.5. The molecule has 0 atom stereocenters. The Hall–Kier alpha value is -1.74. The topological polar surface area (TPSA) is 63.0 Å². The number of aromatic nitrogens is 1. The zero-order valence-electron chi connectivity index (χ0n) is 8.71. The van der Waals surface area contributed by atoms with E-state index in [1.807, 2.05) is 0 Å². The Bertz CT molecular complexity index is 486. The first-order valence-electron chi connectivity index (χ1n) is 4.44. The first-order chi connectivity index (χ1) is 7.99. The number of halogens is 3. The van der Waals surface area contributed by atoms with Crippen molar-refractivity contribution < 1.29 is 18.3 Å². The van der Waals surface area contributed by atoms with Gasteiger partial charge in [0.05, 0.1) is 24.2 Å². The summed E-state index contributed by atoms with van der Waals surface area (Å²) >= 11 is 5.67. The molecule has 0 fully saturated rings. The Kier molecular flexibility index (Phi) is 4.35. The fraction of sp³-hybridized carbons (Fsp3) is 0.300.